The molecular weight excluding hydrogens is 488 g/mol. The zero-order valence-electron chi connectivity index (χ0n) is 21.2. The Bertz CT molecular complexity index is 1680. The van der Waals surface area contributed by atoms with Crippen LogP contribution in [-0.4, -0.2) is 19.9 Å². The Morgan fingerprint density at radius 1 is 0.718 bits per heavy atom. The molecule has 4 aromatic rings. The van der Waals surface area contributed by atoms with Gasteiger partial charge in [-0.2, -0.15) is 0 Å². The summed E-state index contributed by atoms with van der Waals surface area (Å²) in [5.41, 5.74) is 5.81. The number of aromatic nitrogens is 3. The van der Waals surface area contributed by atoms with E-state index in [1.807, 2.05) is 60.8 Å². The van der Waals surface area contributed by atoms with Gasteiger partial charge in [-0.15, -0.1) is 0 Å². The summed E-state index contributed by atoms with van der Waals surface area (Å²) < 4.78 is 12.0. The van der Waals surface area contributed by atoms with E-state index in [0.29, 0.717) is 41.5 Å². The molecule has 7 heteroatoms. The van der Waals surface area contributed by atoms with Crippen molar-refractivity contribution in [3.63, 3.8) is 0 Å². The van der Waals surface area contributed by atoms with Gasteiger partial charge < -0.3 is 9.15 Å². The van der Waals surface area contributed by atoms with E-state index in [9.17, 15) is 4.79 Å². The van der Waals surface area contributed by atoms with Gasteiger partial charge in [0.05, 0.1) is 17.1 Å². The first kappa shape index (κ1) is 24.5. The molecule has 1 aliphatic carbocycles. The SMILES string of the molecule is O=c1ccc2nc3ccc(OCc4cccc(CN(Cc5ccccc5)Cc5ccccn5)n4)cc3oc-2c1. The summed E-state index contributed by atoms with van der Waals surface area (Å²) in [7, 11) is 0. The maximum atomic E-state index is 11.7. The van der Waals surface area contributed by atoms with Crippen LogP contribution in [0.15, 0.2) is 119 Å². The largest absolute Gasteiger partial charge is 0.487 e. The van der Waals surface area contributed by atoms with Gasteiger partial charge in [-0.3, -0.25) is 19.7 Å². The lowest BCUT2D eigenvalue weighted by atomic mass is 10.2. The first-order chi connectivity index (χ1) is 19.2. The lowest BCUT2D eigenvalue weighted by Crippen LogP contribution is -2.23. The molecule has 0 N–H and O–H groups in total. The number of nitrogens with zero attached hydrogens (tertiary/aromatic N) is 4. The highest BCUT2D eigenvalue weighted by molar-refractivity contribution is 5.77. The summed E-state index contributed by atoms with van der Waals surface area (Å²) in [6, 6.07) is 32.5. The maximum absolute atomic E-state index is 11.7. The van der Waals surface area contributed by atoms with Crippen molar-refractivity contribution in [1.29, 1.82) is 0 Å². The van der Waals surface area contributed by atoms with Gasteiger partial charge >= 0.3 is 0 Å². The van der Waals surface area contributed by atoms with Crippen LogP contribution in [0.25, 0.3) is 22.6 Å². The van der Waals surface area contributed by atoms with Gasteiger partial charge in [0.25, 0.3) is 0 Å². The zero-order valence-corrected chi connectivity index (χ0v) is 21.2. The third-order valence-electron chi connectivity index (χ3n) is 6.32. The predicted octanol–water partition coefficient (Wildman–Crippen LogP) is 5.86. The van der Waals surface area contributed by atoms with Crippen molar-refractivity contribution >= 4 is 11.1 Å². The summed E-state index contributed by atoms with van der Waals surface area (Å²) in [6.45, 7) is 2.49. The molecule has 0 fully saturated rings. The molecule has 6 rings (SSSR count). The molecule has 0 unspecified atom stereocenters. The van der Waals surface area contributed by atoms with E-state index in [1.54, 1.807) is 12.1 Å². The number of pyridine rings is 2. The molecule has 1 aliphatic heterocycles. The van der Waals surface area contributed by atoms with Crippen LogP contribution in [0.5, 0.6) is 5.75 Å². The molecule has 7 nitrogen and oxygen atoms in total. The van der Waals surface area contributed by atoms with Crippen molar-refractivity contribution in [3.8, 4) is 17.2 Å². The fourth-order valence-electron chi connectivity index (χ4n) is 4.49. The Morgan fingerprint density at radius 2 is 1.54 bits per heavy atom. The second kappa shape index (κ2) is 11.2. The zero-order chi connectivity index (χ0) is 26.4. The van der Waals surface area contributed by atoms with E-state index < -0.39 is 0 Å². The molecule has 0 spiro atoms. The molecule has 2 aromatic heterocycles. The van der Waals surface area contributed by atoms with Crippen molar-refractivity contribution in [1.82, 2.24) is 19.9 Å². The van der Waals surface area contributed by atoms with Crippen LogP contribution >= 0.6 is 0 Å². The first-order valence-corrected chi connectivity index (χ1v) is 12.8. The quantitative estimate of drug-likeness (QED) is 0.223. The fraction of sp³-hybridized carbons (Fsp3) is 0.125. The van der Waals surface area contributed by atoms with E-state index >= 15 is 0 Å². The Morgan fingerprint density at radius 3 is 2.41 bits per heavy atom. The van der Waals surface area contributed by atoms with Crippen LogP contribution in [0.1, 0.15) is 22.6 Å². The van der Waals surface area contributed by atoms with Gasteiger partial charge in [0, 0.05) is 38.0 Å². The number of ether oxygens (including phenoxy) is 1. The van der Waals surface area contributed by atoms with Crippen molar-refractivity contribution in [3.05, 3.63) is 142 Å². The Hall–Kier alpha value is -4.88. The lowest BCUT2D eigenvalue weighted by Gasteiger charge is -2.22. The number of hydrogen-bond donors (Lipinski definition) is 0. The van der Waals surface area contributed by atoms with E-state index in [4.69, 9.17) is 14.1 Å². The summed E-state index contributed by atoms with van der Waals surface area (Å²) in [5, 5.41) is 0. The normalized spacial score (nSPS) is 11.3. The third kappa shape index (κ3) is 6.17. The van der Waals surface area contributed by atoms with Crippen LogP contribution in [0, 0.1) is 0 Å². The summed E-state index contributed by atoms with van der Waals surface area (Å²) >= 11 is 0. The first-order valence-electron chi connectivity index (χ1n) is 12.8. The minimum absolute atomic E-state index is 0.117. The van der Waals surface area contributed by atoms with Gasteiger partial charge in [-0.05, 0) is 54.1 Å². The molecule has 2 aliphatic rings. The number of hydrogen-bond acceptors (Lipinski definition) is 7. The molecule has 0 radical (unpaired) electrons. The highest BCUT2D eigenvalue weighted by Crippen LogP contribution is 2.26. The average molecular weight is 515 g/mol. The Balaban J connectivity index is 1.17. The van der Waals surface area contributed by atoms with Crippen molar-refractivity contribution < 1.29 is 9.15 Å². The van der Waals surface area contributed by atoms with Crippen LogP contribution in [-0.2, 0) is 26.2 Å². The predicted molar refractivity (Wildman–Crippen MR) is 149 cm³/mol. The highest BCUT2D eigenvalue weighted by atomic mass is 16.5. The van der Waals surface area contributed by atoms with E-state index in [2.05, 4.69) is 39.1 Å². The lowest BCUT2D eigenvalue weighted by molar-refractivity contribution is 0.240. The van der Waals surface area contributed by atoms with Gasteiger partial charge in [0.1, 0.15) is 23.6 Å². The van der Waals surface area contributed by atoms with Gasteiger partial charge in [0.15, 0.2) is 16.8 Å². The second-order valence-electron chi connectivity index (χ2n) is 9.33. The molecule has 39 heavy (non-hydrogen) atoms. The third-order valence-corrected chi connectivity index (χ3v) is 6.32. The molecule has 0 bridgehead atoms. The number of benzene rings is 3. The number of rotatable bonds is 9. The minimum atomic E-state index is -0.117. The van der Waals surface area contributed by atoms with Crippen LogP contribution in [0.3, 0.4) is 0 Å². The molecule has 0 atom stereocenters. The van der Waals surface area contributed by atoms with E-state index in [1.165, 1.54) is 17.7 Å². The smallest absolute Gasteiger partial charge is 0.182 e. The fourth-order valence-corrected chi connectivity index (χ4v) is 4.49. The summed E-state index contributed by atoms with van der Waals surface area (Å²) in [4.78, 5) is 28.0. The van der Waals surface area contributed by atoms with Crippen molar-refractivity contribution in [2.75, 3.05) is 0 Å². The number of fused-ring (bicyclic) bond motifs is 2. The maximum Gasteiger partial charge on any atom is 0.182 e. The van der Waals surface area contributed by atoms with E-state index in [0.717, 1.165) is 30.2 Å². The second-order valence-corrected chi connectivity index (χ2v) is 9.33. The average Bonchev–Trinajstić information content (AvgIpc) is 2.96. The van der Waals surface area contributed by atoms with E-state index in [-0.39, 0.29) is 5.43 Å². The monoisotopic (exact) mass is 514 g/mol. The standard InChI is InChI=1S/C32H26N4O3/c37-27-12-14-29-31(17-27)39-32-18-28(13-15-30(32)35-29)38-22-26-11-6-10-25(34-26)21-36(19-23-7-2-1-3-8-23)20-24-9-4-5-16-33-24/h1-18H,19-22H2. The molecule has 3 heterocycles. The molecule has 0 amide bonds. The van der Waals surface area contributed by atoms with Crippen molar-refractivity contribution in [2.24, 2.45) is 0 Å². The summed E-state index contributed by atoms with van der Waals surface area (Å²) in [5.74, 6) is 1.09. The van der Waals surface area contributed by atoms with Crippen LogP contribution in [0.2, 0.25) is 0 Å². The van der Waals surface area contributed by atoms with Crippen LogP contribution < -0.4 is 10.2 Å². The molecule has 2 aromatic carbocycles. The summed E-state index contributed by atoms with van der Waals surface area (Å²) in [6.07, 6.45) is 1.83. The minimum Gasteiger partial charge on any atom is -0.487 e. The van der Waals surface area contributed by atoms with Crippen LogP contribution in [0.4, 0.5) is 0 Å². The molecule has 0 saturated heterocycles. The van der Waals surface area contributed by atoms with Gasteiger partial charge in [0.2, 0.25) is 0 Å². The molecule has 0 saturated carbocycles. The van der Waals surface area contributed by atoms with Gasteiger partial charge in [-0.1, -0.05) is 42.5 Å². The topological polar surface area (TPSA) is 81.4 Å². The molecular formula is C32H26N4O3. The highest BCUT2D eigenvalue weighted by Gasteiger charge is 2.12. The Kier molecular flexibility index (Phi) is 7.05. The Labute approximate surface area is 225 Å². The van der Waals surface area contributed by atoms with Gasteiger partial charge in [-0.25, -0.2) is 4.98 Å². The van der Waals surface area contributed by atoms with Crippen molar-refractivity contribution in [2.45, 2.75) is 26.2 Å². The molecule has 192 valence electrons.